The zero-order valence-electron chi connectivity index (χ0n) is 11.7. The maximum Gasteiger partial charge on any atom is 0.293 e. The maximum absolute atomic E-state index is 12.4. The number of nitrogens with zero attached hydrogens (tertiary/aromatic N) is 4. The topological polar surface area (TPSA) is 63.1 Å². The predicted octanol–water partition coefficient (Wildman–Crippen LogP) is 1.35. The number of rotatable bonds is 2. The van der Waals surface area contributed by atoms with Crippen LogP contribution in [0.5, 0.6) is 0 Å². The summed E-state index contributed by atoms with van der Waals surface area (Å²) >= 11 is 5.96. The van der Waals surface area contributed by atoms with Crippen LogP contribution in [0.2, 0.25) is 5.02 Å². The number of halogens is 1. The fourth-order valence-corrected chi connectivity index (χ4v) is 2.55. The molecule has 1 aliphatic rings. The lowest BCUT2D eigenvalue weighted by atomic mass is 10.2. The molecule has 0 bridgehead atoms. The van der Waals surface area contributed by atoms with Gasteiger partial charge in [0.1, 0.15) is 6.33 Å². The Morgan fingerprint density at radius 1 is 1.48 bits per heavy atom. The molecule has 1 amide bonds. The van der Waals surface area contributed by atoms with Gasteiger partial charge in [0.15, 0.2) is 0 Å². The van der Waals surface area contributed by atoms with Crippen molar-refractivity contribution in [2.24, 2.45) is 0 Å². The molecule has 2 aromatic rings. The van der Waals surface area contributed by atoms with Gasteiger partial charge >= 0.3 is 0 Å². The maximum atomic E-state index is 12.4. The molecular weight excluding hydrogens is 290 g/mol. The summed E-state index contributed by atoms with van der Waals surface area (Å²) < 4.78 is 1.56. The Kier molecular flexibility index (Phi) is 3.90. The van der Waals surface area contributed by atoms with E-state index in [0.29, 0.717) is 18.1 Å². The molecule has 0 saturated carbocycles. The lowest BCUT2D eigenvalue weighted by Crippen LogP contribution is -2.51. The number of piperazine rings is 1. The largest absolute Gasteiger partial charge is 0.333 e. The lowest BCUT2D eigenvalue weighted by molar-refractivity contribution is 0.0697. The van der Waals surface area contributed by atoms with Gasteiger partial charge in [-0.15, -0.1) is 5.10 Å². The Bertz CT molecular complexity index is 656. The van der Waals surface area contributed by atoms with Crippen LogP contribution in [0, 0.1) is 0 Å². The van der Waals surface area contributed by atoms with Crippen LogP contribution in [0.15, 0.2) is 30.6 Å². The molecule has 6 nitrogen and oxygen atoms in total. The number of amides is 1. The minimum absolute atomic E-state index is 0.135. The monoisotopic (exact) mass is 305 g/mol. The van der Waals surface area contributed by atoms with E-state index in [1.807, 2.05) is 12.1 Å². The summed E-state index contributed by atoms with van der Waals surface area (Å²) in [5, 5.41) is 8.18. The van der Waals surface area contributed by atoms with Crippen LogP contribution in [0.25, 0.3) is 5.69 Å². The van der Waals surface area contributed by atoms with Crippen molar-refractivity contribution < 1.29 is 4.79 Å². The number of carbonyl (C=O) groups is 1. The zero-order valence-corrected chi connectivity index (χ0v) is 12.4. The first-order chi connectivity index (χ1) is 10.1. The third-order valence-electron chi connectivity index (χ3n) is 3.41. The highest BCUT2D eigenvalue weighted by molar-refractivity contribution is 6.30. The van der Waals surface area contributed by atoms with Gasteiger partial charge in [-0.2, -0.15) is 0 Å². The van der Waals surface area contributed by atoms with Crippen LogP contribution in [0.4, 0.5) is 0 Å². The summed E-state index contributed by atoms with van der Waals surface area (Å²) in [6, 6.07) is 7.55. The van der Waals surface area contributed by atoms with Crippen molar-refractivity contribution >= 4 is 17.5 Å². The Hall–Kier alpha value is -1.92. The van der Waals surface area contributed by atoms with Crippen LogP contribution < -0.4 is 5.32 Å². The van der Waals surface area contributed by atoms with Crippen molar-refractivity contribution in [1.82, 2.24) is 25.0 Å². The summed E-state index contributed by atoms with van der Waals surface area (Å²) in [6.07, 6.45) is 1.53. The second-order valence-corrected chi connectivity index (χ2v) is 5.54. The third-order valence-corrected chi connectivity index (χ3v) is 3.65. The van der Waals surface area contributed by atoms with Crippen LogP contribution in [-0.2, 0) is 0 Å². The van der Waals surface area contributed by atoms with Crippen molar-refractivity contribution in [2.45, 2.75) is 13.0 Å². The Balaban J connectivity index is 1.80. The standard InChI is InChI=1S/C14H16ClN5O/c1-10-8-19(6-5-16-10)14(21)13-17-9-20(18-13)12-4-2-3-11(15)7-12/h2-4,7,9-10,16H,5-6,8H2,1H3/t10-/m0/s1. The number of carbonyl (C=O) groups excluding carboxylic acids is 1. The molecule has 1 saturated heterocycles. The Morgan fingerprint density at radius 2 is 2.33 bits per heavy atom. The van der Waals surface area contributed by atoms with Gasteiger partial charge in [0.25, 0.3) is 5.91 Å². The van der Waals surface area contributed by atoms with E-state index in [9.17, 15) is 4.79 Å². The van der Waals surface area contributed by atoms with Crippen molar-refractivity contribution in [1.29, 1.82) is 0 Å². The van der Waals surface area contributed by atoms with Gasteiger partial charge in [0.2, 0.25) is 5.82 Å². The molecule has 21 heavy (non-hydrogen) atoms. The van der Waals surface area contributed by atoms with Crippen molar-refractivity contribution in [3.63, 3.8) is 0 Å². The van der Waals surface area contributed by atoms with E-state index in [4.69, 9.17) is 11.6 Å². The fraction of sp³-hybridized carbons (Fsp3) is 0.357. The van der Waals surface area contributed by atoms with E-state index in [0.717, 1.165) is 12.2 Å². The molecule has 0 spiro atoms. The molecule has 1 fully saturated rings. The van der Waals surface area contributed by atoms with Gasteiger partial charge in [-0.3, -0.25) is 4.79 Å². The number of benzene rings is 1. The van der Waals surface area contributed by atoms with E-state index >= 15 is 0 Å². The molecule has 110 valence electrons. The molecule has 0 aliphatic carbocycles. The van der Waals surface area contributed by atoms with Crippen LogP contribution >= 0.6 is 11.6 Å². The first-order valence-corrected chi connectivity index (χ1v) is 7.21. The molecule has 1 aliphatic heterocycles. The smallest absolute Gasteiger partial charge is 0.293 e. The highest BCUT2D eigenvalue weighted by Crippen LogP contribution is 2.14. The summed E-state index contributed by atoms with van der Waals surface area (Å²) in [5.74, 6) is 0.0770. The fourth-order valence-electron chi connectivity index (χ4n) is 2.36. The molecule has 0 unspecified atom stereocenters. The average Bonchev–Trinajstić information content (AvgIpc) is 2.96. The minimum atomic E-state index is -0.135. The van der Waals surface area contributed by atoms with Crippen molar-refractivity contribution in [2.75, 3.05) is 19.6 Å². The summed E-state index contributed by atoms with van der Waals surface area (Å²) in [7, 11) is 0. The van der Waals surface area contributed by atoms with Gasteiger partial charge in [0, 0.05) is 30.7 Å². The predicted molar refractivity (Wildman–Crippen MR) is 79.7 cm³/mol. The highest BCUT2D eigenvalue weighted by atomic mass is 35.5. The average molecular weight is 306 g/mol. The number of aromatic nitrogens is 3. The zero-order chi connectivity index (χ0) is 14.8. The third kappa shape index (κ3) is 3.06. The van der Waals surface area contributed by atoms with E-state index in [1.54, 1.807) is 21.7 Å². The Morgan fingerprint density at radius 3 is 3.10 bits per heavy atom. The molecule has 1 N–H and O–H groups in total. The number of nitrogens with one attached hydrogen (secondary N) is 1. The van der Waals surface area contributed by atoms with Crippen LogP contribution in [0.1, 0.15) is 17.5 Å². The van der Waals surface area contributed by atoms with E-state index < -0.39 is 0 Å². The molecule has 1 atom stereocenters. The lowest BCUT2D eigenvalue weighted by Gasteiger charge is -2.30. The second kappa shape index (κ2) is 5.83. The molecule has 1 aromatic heterocycles. The van der Waals surface area contributed by atoms with Crippen molar-refractivity contribution in [3.05, 3.63) is 41.4 Å². The molecule has 3 rings (SSSR count). The molecular formula is C14H16ClN5O. The summed E-state index contributed by atoms with van der Waals surface area (Å²) in [5.41, 5.74) is 0.780. The SMILES string of the molecule is C[C@H]1CN(C(=O)c2ncn(-c3cccc(Cl)c3)n2)CCN1. The number of hydrogen-bond acceptors (Lipinski definition) is 4. The molecule has 7 heteroatoms. The van der Waals surface area contributed by atoms with E-state index in [-0.39, 0.29) is 17.8 Å². The highest BCUT2D eigenvalue weighted by Gasteiger charge is 2.24. The second-order valence-electron chi connectivity index (χ2n) is 5.10. The first kappa shape index (κ1) is 14.0. The minimum Gasteiger partial charge on any atom is -0.333 e. The normalized spacial score (nSPS) is 18.8. The molecule has 0 radical (unpaired) electrons. The van der Waals surface area contributed by atoms with Gasteiger partial charge in [0.05, 0.1) is 5.69 Å². The first-order valence-electron chi connectivity index (χ1n) is 6.84. The quantitative estimate of drug-likeness (QED) is 0.910. The van der Waals surface area contributed by atoms with E-state index in [2.05, 4.69) is 22.3 Å². The van der Waals surface area contributed by atoms with Crippen LogP contribution in [-0.4, -0.2) is 51.2 Å². The van der Waals surface area contributed by atoms with Gasteiger partial charge < -0.3 is 10.2 Å². The summed E-state index contributed by atoms with van der Waals surface area (Å²) in [6.45, 7) is 4.19. The summed E-state index contributed by atoms with van der Waals surface area (Å²) in [4.78, 5) is 18.3. The van der Waals surface area contributed by atoms with Gasteiger partial charge in [-0.25, -0.2) is 9.67 Å². The number of hydrogen-bond donors (Lipinski definition) is 1. The van der Waals surface area contributed by atoms with Crippen LogP contribution in [0.3, 0.4) is 0 Å². The van der Waals surface area contributed by atoms with E-state index in [1.165, 1.54) is 6.33 Å². The molecule has 1 aromatic carbocycles. The van der Waals surface area contributed by atoms with Crippen molar-refractivity contribution in [3.8, 4) is 5.69 Å². The van der Waals surface area contributed by atoms with Gasteiger partial charge in [-0.05, 0) is 25.1 Å². The Labute approximate surface area is 127 Å². The molecule has 2 heterocycles. The van der Waals surface area contributed by atoms with Gasteiger partial charge in [-0.1, -0.05) is 17.7 Å².